The van der Waals surface area contributed by atoms with Crippen LogP contribution in [0, 0.1) is 0 Å². The van der Waals surface area contributed by atoms with Crippen LogP contribution >= 0.6 is 27.7 Å². The summed E-state index contributed by atoms with van der Waals surface area (Å²) in [7, 11) is 0. The third-order valence-electron chi connectivity index (χ3n) is 2.51. The van der Waals surface area contributed by atoms with Gasteiger partial charge in [-0.15, -0.1) is 0 Å². The molecule has 0 aliphatic rings. The Morgan fingerprint density at radius 2 is 2.31 bits per heavy atom. The van der Waals surface area contributed by atoms with Crippen molar-refractivity contribution < 1.29 is 0 Å². The molecule has 1 N–H and O–H groups in total. The summed E-state index contributed by atoms with van der Waals surface area (Å²) < 4.78 is 3.00. The van der Waals surface area contributed by atoms with Gasteiger partial charge >= 0.3 is 0 Å². The van der Waals surface area contributed by atoms with Gasteiger partial charge in [-0.25, -0.2) is 0 Å². The third-order valence-corrected chi connectivity index (χ3v) is 3.96. The van der Waals surface area contributed by atoms with Crippen molar-refractivity contribution in [1.82, 2.24) is 15.1 Å². The molecular formula is C11H20BrN3S. The van der Waals surface area contributed by atoms with Crippen LogP contribution in [-0.2, 0) is 6.54 Å². The summed E-state index contributed by atoms with van der Waals surface area (Å²) in [6.07, 6.45) is 7.20. The van der Waals surface area contributed by atoms with E-state index >= 15 is 0 Å². The fourth-order valence-corrected chi connectivity index (χ4v) is 2.12. The highest BCUT2D eigenvalue weighted by molar-refractivity contribution is 9.10. The zero-order valence-corrected chi connectivity index (χ0v) is 12.5. The number of nitrogens with one attached hydrogen (secondary N) is 1. The Morgan fingerprint density at radius 1 is 1.56 bits per heavy atom. The van der Waals surface area contributed by atoms with Gasteiger partial charge in [0.05, 0.1) is 17.2 Å². The fraction of sp³-hybridized carbons (Fsp3) is 0.727. The zero-order valence-electron chi connectivity index (χ0n) is 10.1. The number of hydrogen-bond donors (Lipinski definition) is 1. The van der Waals surface area contributed by atoms with Crippen LogP contribution in [0.1, 0.15) is 20.3 Å². The molecule has 0 radical (unpaired) electrons. The highest BCUT2D eigenvalue weighted by Crippen LogP contribution is 2.09. The lowest BCUT2D eigenvalue weighted by Gasteiger charge is -2.15. The van der Waals surface area contributed by atoms with Gasteiger partial charge in [0.2, 0.25) is 0 Å². The molecule has 1 aromatic rings. The maximum atomic E-state index is 4.24. The molecule has 0 saturated carbocycles. The van der Waals surface area contributed by atoms with Crippen molar-refractivity contribution in [3.8, 4) is 0 Å². The van der Waals surface area contributed by atoms with Gasteiger partial charge in [0.25, 0.3) is 0 Å². The van der Waals surface area contributed by atoms with Gasteiger partial charge in [0.1, 0.15) is 0 Å². The van der Waals surface area contributed by atoms with E-state index in [1.54, 1.807) is 0 Å². The Bertz CT molecular complexity index is 303. The van der Waals surface area contributed by atoms with Crippen LogP contribution in [0.4, 0.5) is 0 Å². The molecule has 2 atom stereocenters. The lowest BCUT2D eigenvalue weighted by atomic mass is 10.3. The van der Waals surface area contributed by atoms with Crippen molar-refractivity contribution in [1.29, 1.82) is 0 Å². The summed E-state index contributed by atoms with van der Waals surface area (Å²) in [6.45, 7) is 6.45. The minimum Gasteiger partial charge on any atom is -0.312 e. The van der Waals surface area contributed by atoms with Crippen LogP contribution in [-0.4, -0.2) is 33.9 Å². The first-order valence-corrected chi connectivity index (χ1v) is 7.64. The monoisotopic (exact) mass is 305 g/mol. The first-order valence-electron chi connectivity index (χ1n) is 5.56. The summed E-state index contributed by atoms with van der Waals surface area (Å²) in [5.41, 5.74) is 0. The molecule has 5 heteroatoms. The molecule has 16 heavy (non-hydrogen) atoms. The predicted octanol–water partition coefficient (Wildman–Crippen LogP) is 2.77. The van der Waals surface area contributed by atoms with Gasteiger partial charge in [0.15, 0.2) is 0 Å². The molecular weight excluding hydrogens is 286 g/mol. The van der Waals surface area contributed by atoms with Crippen molar-refractivity contribution in [2.24, 2.45) is 0 Å². The molecule has 0 aliphatic carbocycles. The maximum Gasteiger partial charge on any atom is 0.0632 e. The Hall–Kier alpha value is -0.0000000000000000555. The molecule has 0 saturated heterocycles. The topological polar surface area (TPSA) is 29.9 Å². The van der Waals surface area contributed by atoms with Crippen LogP contribution in [0.2, 0.25) is 0 Å². The Balaban J connectivity index is 2.18. The number of halogens is 1. The average Bonchev–Trinajstić information content (AvgIpc) is 2.63. The lowest BCUT2D eigenvalue weighted by Crippen LogP contribution is -2.32. The first kappa shape index (κ1) is 14.1. The summed E-state index contributed by atoms with van der Waals surface area (Å²) in [6, 6.07) is 0.459. The second kappa shape index (κ2) is 7.35. The van der Waals surface area contributed by atoms with Crippen molar-refractivity contribution in [2.75, 3.05) is 12.8 Å². The summed E-state index contributed by atoms with van der Waals surface area (Å²) in [5, 5.41) is 8.49. The highest BCUT2D eigenvalue weighted by atomic mass is 79.9. The van der Waals surface area contributed by atoms with Crippen molar-refractivity contribution in [3.63, 3.8) is 0 Å². The van der Waals surface area contributed by atoms with E-state index in [0.29, 0.717) is 6.04 Å². The van der Waals surface area contributed by atoms with E-state index in [4.69, 9.17) is 0 Å². The van der Waals surface area contributed by atoms with Gasteiger partial charge in [-0.1, -0.05) is 6.92 Å². The minimum atomic E-state index is 0.459. The molecule has 0 fully saturated rings. The molecule has 1 heterocycles. The van der Waals surface area contributed by atoms with E-state index in [1.807, 2.05) is 28.8 Å². The molecule has 1 aromatic heterocycles. The molecule has 0 amide bonds. The van der Waals surface area contributed by atoms with E-state index < -0.39 is 0 Å². The smallest absolute Gasteiger partial charge is 0.0632 e. The highest BCUT2D eigenvalue weighted by Gasteiger charge is 2.04. The predicted molar refractivity (Wildman–Crippen MR) is 75.0 cm³/mol. The SMILES string of the molecule is CSC(C)CCNC(C)Cn1cc(Br)cn1. The molecule has 3 nitrogen and oxygen atoms in total. The quantitative estimate of drug-likeness (QED) is 0.840. The van der Waals surface area contributed by atoms with E-state index in [-0.39, 0.29) is 0 Å². The van der Waals surface area contributed by atoms with E-state index in [9.17, 15) is 0 Å². The normalized spacial score (nSPS) is 15.0. The van der Waals surface area contributed by atoms with E-state index in [2.05, 4.69) is 46.4 Å². The van der Waals surface area contributed by atoms with Gasteiger partial charge in [0, 0.05) is 17.5 Å². The molecule has 2 unspecified atom stereocenters. The molecule has 0 bridgehead atoms. The first-order chi connectivity index (χ1) is 7.61. The minimum absolute atomic E-state index is 0.459. The summed E-state index contributed by atoms with van der Waals surface area (Å²) in [5.74, 6) is 0. The standard InChI is InChI=1S/C11H20BrN3S/c1-9(13-5-4-10(2)16-3)7-15-8-11(12)6-14-15/h6,8-10,13H,4-5,7H2,1-3H3. The lowest BCUT2D eigenvalue weighted by molar-refractivity contribution is 0.448. The zero-order chi connectivity index (χ0) is 12.0. The van der Waals surface area contributed by atoms with Crippen molar-refractivity contribution >= 4 is 27.7 Å². The van der Waals surface area contributed by atoms with Crippen LogP contribution in [0.25, 0.3) is 0 Å². The fourth-order valence-electron chi connectivity index (χ4n) is 1.43. The second-order valence-electron chi connectivity index (χ2n) is 4.07. The summed E-state index contributed by atoms with van der Waals surface area (Å²) in [4.78, 5) is 0. The number of aromatic nitrogens is 2. The average molecular weight is 306 g/mol. The third kappa shape index (κ3) is 5.37. The molecule has 0 spiro atoms. The van der Waals surface area contributed by atoms with Crippen LogP contribution in [0.5, 0.6) is 0 Å². The largest absolute Gasteiger partial charge is 0.312 e. The number of nitrogens with zero attached hydrogens (tertiary/aromatic N) is 2. The second-order valence-corrected chi connectivity index (χ2v) is 6.26. The Kier molecular flexibility index (Phi) is 6.46. The maximum absolute atomic E-state index is 4.24. The Morgan fingerprint density at radius 3 is 2.88 bits per heavy atom. The molecule has 0 aromatic carbocycles. The van der Waals surface area contributed by atoms with Gasteiger partial charge < -0.3 is 5.32 Å². The number of hydrogen-bond acceptors (Lipinski definition) is 3. The van der Waals surface area contributed by atoms with E-state index in [1.165, 1.54) is 6.42 Å². The molecule has 92 valence electrons. The number of thioether (sulfide) groups is 1. The van der Waals surface area contributed by atoms with Crippen LogP contribution < -0.4 is 5.32 Å². The number of rotatable bonds is 7. The van der Waals surface area contributed by atoms with Crippen LogP contribution in [0.15, 0.2) is 16.9 Å². The van der Waals surface area contributed by atoms with Gasteiger partial charge in [-0.2, -0.15) is 16.9 Å². The summed E-state index contributed by atoms with van der Waals surface area (Å²) >= 11 is 5.32. The van der Waals surface area contributed by atoms with Gasteiger partial charge in [-0.05, 0) is 42.1 Å². The van der Waals surface area contributed by atoms with Crippen LogP contribution in [0.3, 0.4) is 0 Å². The van der Waals surface area contributed by atoms with Crippen molar-refractivity contribution in [3.05, 3.63) is 16.9 Å². The van der Waals surface area contributed by atoms with E-state index in [0.717, 1.165) is 22.8 Å². The Labute approximate surface area is 110 Å². The molecule has 1 rings (SSSR count). The molecule has 0 aliphatic heterocycles. The van der Waals surface area contributed by atoms with Gasteiger partial charge in [-0.3, -0.25) is 4.68 Å². The van der Waals surface area contributed by atoms with Crippen molar-refractivity contribution in [2.45, 2.75) is 38.1 Å².